The third-order valence-electron chi connectivity index (χ3n) is 3.67. The minimum Gasteiger partial charge on any atom is -0.338 e. The van der Waals surface area contributed by atoms with Crippen LogP contribution in [0.25, 0.3) is 0 Å². The summed E-state index contributed by atoms with van der Waals surface area (Å²) in [7, 11) is 0. The van der Waals surface area contributed by atoms with Crippen molar-refractivity contribution in [3.8, 4) is 0 Å². The Hall–Kier alpha value is -1.01. The largest absolute Gasteiger partial charge is 0.338 e. The van der Waals surface area contributed by atoms with Crippen LogP contribution in [0.3, 0.4) is 0 Å². The van der Waals surface area contributed by atoms with Gasteiger partial charge in [-0.05, 0) is 49.8 Å². The van der Waals surface area contributed by atoms with Gasteiger partial charge in [0.05, 0.1) is 5.69 Å². The number of carbonyl (C=O) groups excluding carboxylic acids is 1. The summed E-state index contributed by atoms with van der Waals surface area (Å²) < 4.78 is 3.90. The van der Waals surface area contributed by atoms with Crippen molar-refractivity contribution in [3.05, 3.63) is 10.6 Å². The van der Waals surface area contributed by atoms with Crippen LogP contribution >= 0.6 is 11.5 Å². The molecule has 0 bridgehead atoms. The number of hydrogen-bond acceptors (Lipinski definition) is 5. The van der Waals surface area contributed by atoms with Crippen LogP contribution in [0.1, 0.15) is 42.1 Å². The Morgan fingerprint density at radius 1 is 1.42 bits per heavy atom. The first-order chi connectivity index (χ1) is 9.26. The molecule has 0 spiro atoms. The van der Waals surface area contributed by atoms with E-state index in [0.29, 0.717) is 5.92 Å². The summed E-state index contributed by atoms with van der Waals surface area (Å²) in [5.41, 5.74) is 0.838. The fourth-order valence-corrected chi connectivity index (χ4v) is 3.15. The van der Waals surface area contributed by atoms with E-state index in [0.717, 1.165) is 56.0 Å². The van der Waals surface area contributed by atoms with Crippen LogP contribution in [0.4, 0.5) is 0 Å². The molecule has 1 aromatic rings. The monoisotopic (exact) mass is 282 g/mol. The van der Waals surface area contributed by atoms with Crippen LogP contribution in [-0.2, 0) is 6.42 Å². The molecule has 5 nitrogen and oxygen atoms in total. The van der Waals surface area contributed by atoms with Crippen LogP contribution in [0.5, 0.6) is 0 Å². The maximum atomic E-state index is 12.4. The van der Waals surface area contributed by atoms with E-state index < -0.39 is 0 Å². The zero-order valence-corrected chi connectivity index (χ0v) is 12.5. The molecule has 1 saturated heterocycles. The second-order valence-corrected chi connectivity index (χ2v) is 5.70. The molecule has 1 aromatic heterocycles. The van der Waals surface area contributed by atoms with E-state index in [1.54, 1.807) is 0 Å². The van der Waals surface area contributed by atoms with Crippen LogP contribution in [0, 0.1) is 5.92 Å². The molecule has 0 saturated carbocycles. The van der Waals surface area contributed by atoms with Crippen molar-refractivity contribution < 1.29 is 4.79 Å². The minimum atomic E-state index is 0.119. The predicted octanol–water partition coefficient (Wildman–Crippen LogP) is 1.56. The van der Waals surface area contributed by atoms with Crippen molar-refractivity contribution in [1.82, 2.24) is 19.8 Å². The number of rotatable bonds is 5. The second-order valence-electron chi connectivity index (χ2n) is 4.95. The maximum absolute atomic E-state index is 12.4. The minimum absolute atomic E-state index is 0.119. The van der Waals surface area contributed by atoms with Gasteiger partial charge in [0.15, 0.2) is 0 Å². The summed E-state index contributed by atoms with van der Waals surface area (Å²) >= 11 is 1.23. The van der Waals surface area contributed by atoms with Crippen molar-refractivity contribution in [2.24, 2.45) is 5.92 Å². The zero-order valence-electron chi connectivity index (χ0n) is 11.7. The van der Waals surface area contributed by atoms with Gasteiger partial charge < -0.3 is 10.2 Å². The van der Waals surface area contributed by atoms with Gasteiger partial charge in [-0.25, -0.2) is 0 Å². The van der Waals surface area contributed by atoms with Crippen molar-refractivity contribution in [3.63, 3.8) is 0 Å². The van der Waals surface area contributed by atoms with E-state index in [-0.39, 0.29) is 5.91 Å². The van der Waals surface area contributed by atoms with E-state index in [9.17, 15) is 4.79 Å². The van der Waals surface area contributed by atoms with Gasteiger partial charge in [0.1, 0.15) is 4.88 Å². The van der Waals surface area contributed by atoms with Crippen molar-refractivity contribution in [1.29, 1.82) is 0 Å². The lowest BCUT2D eigenvalue weighted by Gasteiger charge is -2.31. The molecule has 6 heteroatoms. The number of amides is 1. The van der Waals surface area contributed by atoms with Gasteiger partial charge in [0.25, 0.3) is 5.91 Å². The number of aromatic nitrogens is 2. The normalized spacial score (nSPS) is 16.8. The molecule has 1 aliphatic heterocycles. The molecule has 0 aliphatic carbocycles. The van der Waals surface area contributed by atoms with E-state index >= 15 is 0 Å². The van der Waals surface area contributed by atoms with Gasteiger partial charge in [-0.3, -0.25) is 4.79 Å². The Morgan fingerprint density at radius 3 is 2.79 bits per heavy atom. The Kier molecular flexibility index (Phi) is 5.27. The van der Waals surface area contributed by atoms with Gasteiger partial charge in [-0.1, -0.05) is 18.3 Å². The van der Waals surface area contributed by atoms with E-state index in [1.165, 1.54) is 11.5 Å². The fraction of sp³-hybridized carbons (Fsp3) is 0.769. The standard InChI is InChI=1S/C13H22N4OS/c1-3-11-12(19-16-15-11)13(18)17-7-5-10(6-8-17)9-14-4-2/h10,14H,3-9H2,1-2H3. The van der Waals surface area contributed by atoms with Crippen LogP contribution in [0.15, 0.2) is 0 Å². The van der Waals surface area contributed by atoms with Gasteiger partial charge in [0.2, 0.25) is 0 Å². The highest BCUT2D eigenvalue weighted by Crippen LogP contribution is 2.21. The Labute approximate surface area is 118 Å². The molecule has 1 aliphatic rings. The van der Waals surface area contributed by atoms with Gasteiger partial charge in [-0.15, -0.1) is 5.10 Å². The average molecular weight is 282 g/mol. The first kappa shape index (κ1) is 14.4. The Balaban J connectivity index is 1.89. The summed E-state index contributed by atoms with van der Waals surface area (Å²) in [6.45, 7) is 7.94. The smallest absolute Gasteiger partial charge is 0.267 e. The number of nitrogens with zero attached hydrogens (tertiary/aromatic N) is 3. The van der Waals surface area contributed by atoms with Gasteiger partial charge >= 0.3 is 0 Å². The Bertz CT molecular complexity index is 413. The molecule has 0 unspecified atom stereocenters. The SMILES string of the molecule is CCNCC1CCN(C(=O)c2snnc2CC)CC1. The molecule has 106 valence electrons. The number of carbonyl (C=O) groups is 1. The summed E-state index contributed by atoms with van der Waals surface area (Å²) in [6.07, 6.45) is 2.95. The van der Waals surface area contributed by atoms with Gasteiger partial charge in [-0.2, -0.15) is 0 Å². The molecule has 1 amide bonds. The number of likely N-dealkylation sites (tertiary alicyclic amines) is 1. The average Bonchev–Trinajstić information content (AvgIpc) is 2.93. The lowest BCUT2D eigenvalue weighted by atomic mass is 9.96. The summed E-state index contributed by atoms with van der Waals surface area (Å²) in [5, 5.41) is 7.40. The van der Waals surface area contributed by atoms with Crippen LogP contribution < -0.4 is 5.32 Å². The fourth-order valence-electron chi connectivity index (χ4n) is 2.43. The van der Waals surface area contributed by atoms with E-state index in [2.05, 4.69) is 21.8 Å². The van der Waals surface area contributed by atoms with Crippen LogP contribution in [0.2, 0.25) is 0 Å². The molecular weight excluding hydrogens is 260 g/mol. The molecular formula is C13H22N4OS. The number of hydrogen-bond donors (Lipinski definition) is 1. The lowest BCUT2D eigenvalue weighted by Crippen LogP contribution is -2.40. The van der Waals surface area contributed by atoms with Crippen LogP contribution in [-0.4, -0.2) is 46.6 Å². The molecule has 19 heavy (non-hydrogen) atoms. The van der Waals surface area contributed by atoms with E-state index in [4.69, 9.17) is 0 Å². The zero-order chi connectivity index (χ0) is 13.7. The summed E-state index contributed by atoms with van der Waals surface area (Å²) in [4.78, 5) is 15.1. The Morgan fingerprint density at radius 2 is 2.16 bits per heavy atom. The molecule has 1 N–H and O–H groups in total. The topological polar surface area (TPSA) is 58.1 Å². The first-order valence-corrected chi connectivity index (χ1v) is 7.84. The molecule has 2 heterocycles. The first-order valence-electron chi connectivity index (χ1n) is 7.07. The second kappa shape index (κ2) is 6.96. The summed E-state index contributed by atoms with van der Waals surface area (Å²) in [5.74, 6) is 0.822. The number of nitrogens with one attached hydrogen (secondary N) is 1. The van der Waals surface area contributed by atoms with E-state index in [1.807, 2.05) is 11.8 Å². The highest BCUT2D eigenvalue weighted by Gasteiger charge is 2.26. The maximum Gasteiger partial charge on any atom is 0.267 e. The van der Waals surface area contributed by atoms with Gasteiger partial charge in [0, 0.05) is 13.1 Å². The molecule has 0 atom stereocenters. The number of piperidine rings is 1. The predicted molar refractivity (Wildman–Crippen MR) is 76.5 cm³/mol. The quantitative estimate of drug-likeness (QED) is 0.890. The lowest BCUT2D eigenvalue weighted by molar-refractivity contribution is 0.0694. The third-order valence-corrected chi connectivity index (χ3v) is 4.43. The highest BCUT2D eigenvalue weighted by atomic mass is 32.1. The molecule has 0 aromatic carbocycles. The summed E-state index contributed by atoms with van der Waals surface area (Å²) in [6, 6.07) is 0. The van der Waals surface area contributed by atoms with Crippen molar-refractivity contribution in [2.45, 2.75) is 33.1 Å². The van der Waals surface area contributed by atoms with Crippen molar-refractivity contribution in [2.75, 3.05) is 26.2 Å². The number of aryl methyl sites for hydroxylation is 1. The molecule has 1 fully saturated rings. The molecule has 0 radical (unpaired) electrons. The third kappa shape index (κ3) is 3.51. The molecule has 2 rings (SSSR count). The van der Waals surface area contributed by atoms with Crippen molar-refractivity contribution >= 4 is 17.4 Å². The highest BCUT2D eigenvalue weighted by molar-refractivity contribution is 7.08.